The van der Waals surface area contributed by atoms with Crippen LogP contribution in [-0.4, -0.2) is 99.4 Å². The van der Waals surface area contributed by atoms with E-state index in [9.17, 15) is 22.8 Å². The van der Waals surface area contributed by atoms with E-state index in [0.29, 0.717) is 30.6 Å². The standard InChI is InChI=1S/C29H47N3O7S/c1-7-15-30(23(2)21-24-10-12-25(13-11-24)40(6,36)37)16-8-9-17-31-19-20-32(18-14-26(31)33)28(35)39-22-38-27(34)29(3,4)5/h10-13,23H,7-9,14-22H2,1-6H3. The first kappa shape index (κ1) is 33.5. The molecule has 1 atom stereocenters. The van der Waals surface area contributed by atoms with Gasteiger partial charge in [0.25, 0.3) is 0 Å². The summed E-state index contributed by atoms with van der Waals surface area (Å²) in [4.78, 5) is 42.9. The molecule has 0 bridgehead atoms. The number of carbonyl (C=O) groups is 3. The van der Waals surface area contributed by atoms with E-state index >= 15 is 0 Å². The van der Waals surface area contributed by atoms with Crippen LogP contribution in [-0.2, 0) is 35.3 Å². The minimum atomic E-state index is -3.20. The van der Waals surface area contributed by atoms with E-state index in [2.05, 4.69) is 18.7 Å². The van der Waals surface area contributed by atoms with Crippen molar-refractivity contribution in [1.82, 2.24) is 14.7 Å². The molecular weight excluding hydrogens is 534 g/mol. The SMILES string of the molecule is CCCN(CCCCN1CCN(C(=O)OCOC(=O)C(C)(C)C)CCC1=O)C(C)Cc1ccc(S(C)(=O)=O)cc1. The predicted octanol–water partition coefficient (Wildman–Crippen LogP) is 3.73. The smallest absolute Gasteiger partial charge is 0.412 e. The molecule has 0 aromatic heterocycles. The molecule has 1 aromatic carbocycles. The van der Waals surface area contributed by atoms with Gasteiger partial charge in [-0.3, -0.25) is 9.59 Å². The number of amides is 2. The monoisotopic (exact) mass is 581 g/mol. The maximum Gasteiger partial charge on any atom is 0.412 e. The van der Waals surface area contributed by atoms with Crippen molar-refractivity contribution in [3.8, 4) is 0 Å². The summed E-state index contributed by atoms with van der Waals surface area (Å²) >= 11 is 0. The first-order valence-electron chi connectivity index (χ1n) is 14.1. The molecule has 1 heterocycles. The van der Waals surface area contributed by atoms with Gasteiger partial charge in [0.1, 0.15) is 0 Å². The van der Waals surface area contributed by atoms with Crippen molar-refractivity contribution in [2.24, 2.45) is 5.41 Å². The van der Waals surface area contributed by atoms with Gasteiger partial charge in [-0.1, -0.05) is 19.1 Å². The number of benzene rings is 1. The average Bonchev–Trinajstić information content (AvgIpc) is 3.06. The average molecular weight is 582 g/mol. The van der Waals surface area contributed by atoms with Crippen molar-refractivity contribution in [3.63, 3.8) is 0 Å². The highest BCUT2D eigenvalue weighted by Gasteiger charge is 2.26. The molecule has 10 nitrogen and oxygen atoms in total. The second-order valence-corrected chi connectivity index (χ2v) is 13.6. The lowest BCUT2D eigenvalue weighted by Crippen LogP contribution is -2.38. The number of hydrogen-bond donors (Lipinski definition) is 0. The van der Waals surface area contributed by atoms with E-state index in [4.69, 9.17) is 9.47 Å². The van der Waals surface area contributed by atoms with E-state index in [1.54, 1.807) is 32.9 Å². The molecule has 40 heavy (non-hydrogen) atoms. The van der Waals surface area contributed by atoms with Crippen molar-refractivity contribution in [2.75, 3.05) is 52.3 Å². The van der Waals surface area contributed by atoms with Crippen LogP contribution in [0.4, 0.5) is 4.79 Å². The lowest BCUT2D eigenvalue weighted by molar-refractivity contribution is -0.161. The van der Waals surface area contributed by atoms with Crippen LogP contribution >= 0.6 is 0 Å². The van der Waals surface area contributed by atoms with Crippen LogP contribution in [0.2, 0.25) is 0 Å². The third-order valence-electron chi connectivity index (χ3n) is 6.97. The molecule has 1 saturated heterocycles. The molecule has 2 rings (SSSR count). The molecule has 226 valence electrons. The highest BCUT2D eigenvalue weighted by molar-refractivity contribution is 7.90. The van der Waals surface area contributed by atoms with Crippen molar-refractivity contribution >= 4 is 27.8 Å². The highest BCUT2D eigenvalue weighted by atomic mass is 32.2. The second kappa shape index (κ2) is 15.4. The third kappa shape index (κ3) is 11.1. The first-order chi connectivity index (χ1) is 18.7. The number of ether oxygens (including phenoxy) is 2. The van der Waals surface area contributed by atoms with E-state index in [-0.39, 0.29) is 18.9 Å². The number of sulfone groups is 1. The Kier molecular flexibility index (Phi) is 12.9. The lowest BCUT2D eigenvalue weighted by Gasteiger charge is -2.29. The van der Waals surface area contributed by atoms with Gasteiger partial charge >= 0.3 is 12.1 Å². The zero-order chi connectivity index (χ0) is 29.9. The van der Waals surface area contributed by atoms with Crippen molar-refractivity contribution in [3.05, 3.63) is 29.8 Å². The summed E-state index contributed by atoms with van der Waals surface area (Å²) in [7, 11) is -3.20. The summed E-state index contributed by atoms with van der Waals surface area (Å²) in [6.07, 6.45) is 4.51. The normalized spacial score (nSPS) is 15.6. The summed E-state index contributed by atoms with van der Waals surface area (Å²) in [6, 6.07) is 7.41. The maximum absolute atomic E-state index is 12.7. The fraction of sp³-hybridized carbons (Fsp3) is 0.690. The van der Waals surface area contributed by atoms with Crippen LogP contribution < -0.4 is 0 Å². The predicted molar refractivity (Wildman–Crippen MR) is 153 cm³/mol. The van der Waals surface area contributed by atoms with Crippen LogP contribution in [0.1, 0.15) is 65.9 Å². The van der Waals surface area contributed by atoms with Gasteiger partial charge in [-0.15, -0.1) is 0 Å². The fourth-order valence-corrected chi connectivity index (χ4v) is 5.16. The first-order valence-corrected chi connectivity index (χ1v) is 16.0. The van der Waals surface area contributed by atoms with E-state index in [1.807, 2.05) is 17.0 Å². The lowest BCUT2D eigenvalue weighted by atomic mass is 9.98. The van der Waals surface area contributed by atoms with Gasteiger partial charge in [0, 0.05) is 44.9 Å². The number of nitrogens with zero attached hydrogens (tertiary/aromatic N) is 3. The van der Waals surface area contributed by atoms with Crippen LogP contribution in [0.15, 0.2) is 29.2 Å². The van der Waals surface area contributed by atoms with E-state index in [0.717, 1.165) is 44.3 Å². The van der Waals surface area contributed by atoms with Crippen molar-refractivity contribution in [2.45, 2.75) is 77.7 Å². The Morgan fingerprint density at radius 3 is 2.30 bits per heavy atom. The molecule has 1 aromatic rings. The Labute approximate surface area is 239 Å². The molecule has 0 spiro atoms. The molecular formula is C29H47N3O7S. The summed E-state index contributed by atoms with van der Waals surface area (Å²) in [5, 5.41) is 0. The summed E-state index contributed by atoms with van der Waals surface area (Å²) in [6.45, 7) is 12.6. The van der Waals surface area contributed by atoms with Gasteiger partial charge in [0.2, 0.25) is 12.7 Å². The minimum Gasteiger partial charge on any atom is -0.427 e. The topological polar surface area (TPSA) is 114 Å². The minimum absolute atomic E-state index is 0.0192. The van der Waals surface area contributed by atoms with Gasteiger partial charge in [0.15, 0.2) is 9.84 Å². The Morgan fingerprint density at radius 2 is 1.70 bits per heavy atom. The zero-order valence-corrected chi connectivity index (χ0v) is 25.8. The Bertz CT molecular complexity index is 1080. The number of unbranched alkanes of at least 4 members (excludes halogenated alkanes) is 1. The van der Waals surface area contributed by atoms with Crippen molar-refractivity contribution in [1.29, 1.82) is 0 Å². The third-order valence-corrected chi connectivity index (χ3v) is 8.10. The van der Waals surface area contributed by atoms with E-state index < -0.39 is 34.1 Å². The highest BCUT2D eigenvalue weighted by Crippen LogP contribution is 2.16. The van der Waals surface area contributed by atoms with Crippen molar-refractivity contribution < 1.29 is 32.3 Å². The van der Waals surface area contributed by atoms with Gasteiger partial charge in [-0.2, -0.15) is 0 Å². The van der Waals surface area contributed by atoms with Gasteiger partial charge in [0.05, 0.1) is 10.3 Å². The molecule has 1 aliphatic rings. The summed E-state index contributed by atoms with van der Waals surface area (Å²) < 4.78 is 33.5. The molecule has 0 saturated carbocycles. The number of hydrogen-bond acceptors (Lipinski definition) is 8. The van der Waals surface area contributed by atoms with Gasteiger partial charge in [-0.25, -0.2) is 13.2 Å². The maximum atomic E-state index is 12.7. The number of carbonyl (C=O) groups excluding carboxylic acids is 3. The van der Waals surface area contributed by atoms with Crippen LogP contribution in [0, 0.1) is 5.41 Å². The van der Waals surface area contributed by atoms with Gasteiger partial charge in [-0.05, 0) is 84.2 Å². The molecule has 0 N–H and O–H groups in total. The molecule has 11 heteroatoms. The zero-order valence-electron chi connectivity index (χ0n) is 25.0. The molecule has 1 aliphatic heterocycles. The molecule has 1 unspecified atom stereocenters. The molecule has 0 aliphatic carbocycles. The molecule has 1 fully saturated rings. The quantitative estimate of drug-likeness (QED) is 0.197. The molecule has 2 amide bonds. The summed E-state index contributed by atoms with van der Waals surface area (Å²) in [5.74, 6) is -0.432. The molecule has 0 radical (unpaired) electrons. The van der Waals surface area contributed by atoms with Gasteiger partial charge < -0.3 is 24.2 Å². The van der Waals surface area contributed by atoms with E-state index in [1.165, 1.54) is 11.2 Å². The Morgan fingerprint density at radius 1 is 1.02 bits per heavy atom. The Hall–Kier alpha value is -2.66. The van der Waals surface area contributed by atoms with Crippen LogP contribution in [0.3, 0.4) is 0 Å². The number of esters is 1. The van der Waals surface area contributed by atoms with Crippen LogP contribution in [0.25, 0.3) is 0 Å². The Balaban J connectivity index is 1.77. The second-order valence-electron chi connectivity index (χ2n) is 11.5. The summed E-state index contributed by atoms with van der Waals surface area (Å²) in [5.41, 5.74) is 0.424. The largest absolute Gasteiger partial charge is 0.427 e. The number of rotatable bonds is 13. The van der Waals surface area contributed by atoms with Crippen LogP contribution in [0.5, 0.6) is 0 Å². The fourth-order valence-electron chi connectivity index (χ4n) is 4.53.